The lowest BCUT2D eigenvalue weighted by molar-refractivity contribution is -0.132. The Hall–Kier alpha value is -3.76. The number of carbonyl (C=O) groups excluding carboxylic acids is 1. The molecule has 3 aliphatic rings. The van der Waals surface area contributed by atoms with Gasteiger partial charge in [-0.05, 0) is 49.1 Å². The van der Waals surface area contributed by atoms with E-state index in [0.29, 0.717) is 23.5 Å². The van der Waals surface area contributed by atoms with E-state index < -0.39 is 0 Å². The van der Waals surface area contributed by atoms with Gasteiger partial charge in [0.25, 0.3) is 5.91 Å². The summed E-state index contributed by atoms with van der Waals surface area (Å²) in [6, 6.07) is 7.50. The fourth-order valence-corrected chi connectivity index (χ4v) is 5.97. The molecule has 3 aromatic heterocycles. The van der Waals surface area contributed by atoms with Gasteiger partial charge in [-0.2, -0.15) is 0 Å². The fraction of sp³-hybridized carbons (Fsp3) is 0.407. The Morgan fingerprint density at radius 1 is 1.19 bits per heavy atom. The second kappa shape index (κ2) is 8.39. The molecule has 10 nitrogen and oxygen atoms in total. The number of aromatic nitrogens is 4. The Morgan fingerprint density at radius 2 is 2.03 bits per heavy atom. The van der Waals surface area contributed by atoms with Gasteiger partial charge in [0.05, 0.1) is 41.8 Å². The average molecular weight is 499 g/mol. The van der Waals surface area contributed by atoms with Crippen molar-refractivity contribution < 1.29 is 9.53 Å². The molecule has 1 saturated heterocycles. The number of carbonyl (C=O) groups is 1. The van der Waals surface area contributed by atoms with Gasteiger partial charge in [-0.3, -0.25) is 9.20 Å². The van der Waals surface area contributed by atoms with E-state index in [2.05, 4.69) is 26.3 Å². The number of nitrogen functional groups attached to an aromatic ring is 1. The minimum atomic E-state index is -0.247. The van der Waals surface area contributed by atoms with E-state index in [1.54, 1.807) is 23.5 Å². The quantitative estimate of drug-likeness (QED) is 0.443. The summed E-state index contributed by atoms with van der Waals surface area (Å²) < 4.78 is 8.40. The summed E-state index contributed by atoms with van der Waals surface area (Å²) in [7, 11) is 1.85. The number of nitrogens with zero attached hydrogens (tertiary/aromatic N) is 6. The lowest BCUT2D eigenvalue weighted by Crippen LogP contribution is -2.48. The zero-order valence-corrected chi connectivity index (χ0v) is 20.9. The molecule has 1 saturated carbocycles. The van der Waals surface area contributed by atoms with Crippen LogP contribution in [0.4, 0.5) is 11.6 Å². The number of amides is 1. The number of rotatable bonds is 3. The molecule has 1 amide bonds. The second-order valence-electron chi connectivity index (χ2n) is 10.3. The highest BCUT2D eigenvalue weighted by atomic mass is 16.5. The first-order chi connectivity index (χ1) is 18.0. The average Bonchev–Trinajstić information content (AvgIpc) is 3.42. The van der Waals surface area contributed by atoms with E-state index in [0.717, 1.165) is 67.9 Å². The molecule has 0 bridgehead atoms. The molecule has 0 unspecified atom stereocenters. The number of pyridine rings is 1. The first kappa shape index (κ1) is 22.4. The van der Waals surface area contributed by atoms with Gasteiger partial charge >= 0.3 is 0 Å². The topological polar surface area (TPSA) is 114 Å². The summed E-state index contributed by atoms with van der Waals surface area (Å²) in [6.07, 6.45) is 8.53. The smallest absolute Gasteiger partial charge is 0.254 e. The van der Waals surface area contributed by atoms with Gasteiger partial charge in [0, 0.05) is 50.6 Å². The van der Waals surface area contributed by atoms with Crippen molar-refractivity contribution in [3.05, 3.63) is 59.7 Å². The molecule has 1 aliphatic carbocycles. The maximum Gasteiger partial charge on any atom is 0.254 e. The minimum Gasteiger partial charge on any atom is -0.382 e. The Balaban J connectivity index is 1.24. The highest BCUT2D eigenvalue weighted by Gasteiger charge is 2.47. The van der Waals surface area contributed by atoms with Gasteiger partial charge in [0.2, 0.25) is 0 Å². The van der Waals surface area contributed by atoms with Crippen LogP contribution in [0.5, 0.6) is 0 Å². The number of fused-ring (bicyclic) bond motifs is 5. The third-order valence-electron chi connectivity index (χ3n) is 8.30. The Morgan fingerprint density at radius 3 is 2.81 bits per heavy atom. The van der Waals surface area contributed by atoms with Crippen molar-refractivity contribution in [2.45, 2.75) is 30.9 Å². The third kappa shape index (κ3) is 3.47. The maximum atomic E-state index is 13.8. The lowest BCUT2D eigenvalue weighted by atomic mass is 9.71. The normalized spacial score (nSPS) is 20.7. The van der Waals surface area contributed by atoms with Gasteiger partial charge in [0.15, 0.2) is 0 Å². The summed E-state index contributed by atoms with van der Waals surface area (Å²) >= 11 is 0. The summed E-state index contributed by atoms with van der Waals surface area (Å²) in [5.41, 5.74) is 10.9. The van der Waals surface area contributed by atoms with Crippen LogP contribution >= 0.6 is 0 Å². The monoisotopic (exact) mass is 498 g/mol. The van der Waals surface area contributed by atoms with Crippen molar-refractivity contribution in [2.75, 3.05) is 50.5 Å². The van der Waals surface area contributed by atoms with Gasteiger partial charge in [0.1, 0.15) is 17.2 Å². The molecule has 0 radical (unpaired) electrons. The van der Waals surface area contributed by atoms with E-state index in [-0.39, 0.29) is 17.6 Å². The Bertz CT molecular complexity index is 1520. The number of hydrogen-bond donors (Lipinski definition) is 2. The summed E-state index contributed by atoms with van der Waals surface area (Å²) in [5.74, 6) is 1.33. The number of likely N-dealkylation sites (N-methyl/N-ethyl adjacent to an activating group) is 1. The van der Waals surface area contributed by atoms with Crippen molar-refractivity contribution in [1.82, 2.24) is 29.6 Å². The third-order valence-corrected chi connectivity index (χ3v) is 8.30. The van der Waals surface area contributed by atoms with Crippen LogP contribution < -0.4 is 16.0 Å². The number of benzene rings is 1. The fourth-order valence-electron chi connectivity index (χ4n) is 5.97. The first-order valence-electron chi connectivity index (χ1n) is 12.9. The van der Waals surface area contributed by atoms with Crippen molar-refractivity contribution in [2.24, 2.45) is 0 Å². The van der Waals surface area contributed by atoms with Crippen molar-refractivity contribution in [3.63, 3.8) is 0 Å². The van der Waals surface area contributed by atoms with Crippen LogP contribution in [0.1, 0.15) is 46.8 Å². The molecule has 190 valence electrons. The molecule has 2 aliphatic heterocycles. The van der Waals surface area contributed by atoms with Crippen LogP contribution in [-0.2, 0) is 10.3 Å². The number of nitrogens with one attached hydrogen (secondary N) is 1. The molecule has 2 fully saturated rings. The molecule has 5 heterocycles. The number of ether oxygens (including phenoxy) is 1. The minimum absolute atomic E-state index is 0.0812. The molecule has 1 spiro atoms. The number of anilines is 2. The SMILES string of the molecule is CN(C(=O)c1ccc2nc(N)c3cncn3c2c1)[C@@H]1COC2(CCC2)c2cc(N3CCNCC3)ncc21. The molecule has 1 atom stereocenters. The highest BCUT2D eigenvalue weighted by Crippen LogP contribution is 2.51. The number of hydrogen-bond acceptors (Lipinski definition) is 8. The van der Waals surface area contributed by atoms with Crippen molar-refractivity contribution >= 4 is 34.1 Å². The number of piperazine rings is 1. The second-order valence-corrected chi connectivity index (χ2v) is 10.3. The lowest BCUT2D eigenvalue weighted by Gasteiger charge is -2.49. The van der Waals surface area contributed by atoms with E-state index in [1.807, 2.05) is 29.8 Å². The standard InChI is InChI=1S/C27H30N8O2/c1-33(26(36)17-3-4-20-21(11-17)35-16-30-14-22(35)25(28)32-20)23-15-37-27(5-2-6-27)19-12-24(31-13-18(19)23)34-9-7-29-8-10-34/h3-4,11-14,16,23,29H,2,5-10,15H2,1H3,(H2,28,32)/t23-/m1/s1. The number of imidazole rings is 1. The zero-order chi connectivity index (χ0) is 25.1. The van der Waals surface area contributed by atoms with Crippen LogP contribution in [-0.4, -0.2) is 70.0 Å². The molecular weight excluding hydrogens is 468 g/mol. The van der Waals surface area contributed by atoms with E-state index >= 15 is 0 Å². The Kier molecular flexibility index (Phi) is 5.09. The molecule has 10 heteroatoms. The Labute approximate surface area is 214 Å². The van der Waals surface area contributed by atoms with Crippen LogP contribution in [0.25, 0.3) is 16.6 Å². The summed E-state index contributed by atoms with van der Waals surface area (Å²) in [5, 5.41) is 3.40. The largest absolute Gasteiger partial charge is 0.382 e. The molecular formula is C27H30N8O2. The van der Waals surface area contributed by atoms with Gasteiger partial charge in [-0.1, -0.05) is 0 Å². The summed E-state index contributed by atoms with van der Waals surface area (Å²) in [6.45, 7) is 4.25. The van der Waals surface area contributed by atoms with Crippen LogP contribution in [0, 0.1) is 0 Å². The van der Waals surface area contributed by atoms with E-state index in [9.17, 15) is 4.79 Å². The molecule has 4 aromatic rings. The predicted octanol–water partition coefficient (Wildman–Crippen LogP) is 2.49. The van der Waals surface area contributed by atoms with Gasteiger partial charge in [-0.15, -0.1) is 0 Å². The van der Waals surface area contributed by atoms with Gasteiger partial charge < -0.3 is 25.6 Å². The van der Waals surface area contributed by atoms with Crippen LogP contribution in [0.3, 0.4) is 0 Å². The van der Waals surface area contributed by atoms with Crippen molar-refractivity contribution in [3.8, 4) is 0 Å². The molecule has 37 heavy (non-hydrogen) atoms. The van der Waals surface area contributed by atoms with Gasteiger partial charge in [-0.25, -0.2) is 15.0 Å². The van der Waals surface area contributed by atoms with E-state index in [4.69, 9.17) is 15.5 Å². The molecule has 7 rings (SSSR count). The van der Waals surface area contributed by atoms with Crippen molar-refractivity contribution in [1.29, 1.82) is 0 Å². The van der Waals surface area contributed by atoms with E-state index in [1.165, 1.54) is 5.56 Å². The number of nitrogens with two attached hydrogens (primary N) is 1. The first-order valence-corrected chi connectivity index (χ1v) is 12.9. The zero-order valence-electron chi connectivity index (χ0n) is 20.9. The maximum absolute atomic E-state index is 13.8. The van der Waals surface area contributed by atoms with Crippen LogP contribution in [0.15, 0.2) is 43.0 Å². The highest BCUT2D eigenvalue weighted by molar-refractivity contribution is 5.98. The molecule has 1 aromatic carbocycles. The summed E-state index contributed by atoms with van der Waals surface area (Å²) in [4.78, 5) is 31.4. The predicted molar refractivity (Wildman–Crippen MR) is 141 cm³/mol. The molecule has 3 N–H and O–H groups in total. The van der Waals surface area contributed by atoms with Crippen LogP contribution in [0.2, 0.25) is 0 Å².